The minimum atomic E-state index is 0.633. The second kappa shape index (κ2) is 11.6. The summed E-state index contributed by atoms with van der Waals surface area (Å²) in [5.41, 5.74) is 0. The minimum Gasteiger partial charge on any atom is -0.467 e. The van der Waals surface area contributed by atoms with E-state index in [4.69, 9.17) is 16.6 Å². The Bertz CT molecular complexity index is 360. The fraction of sp³-hybridized carbons (Fsp3) is 0.688. The van der Waals surface area contributed by atoms with E-state index >= 15 is 0 Å². The van der Waals surface area contributed by atoms with E-state index in [1.165, 1.54) is 38.8 Å². The Hall–Kier alpha value is -1.07. The van der Waals surface area contributed by atoms with Crippen LogP contribution >= 0.6 is 12.2 Å². The highest BCUT2D eigenvalue weighted by atomic mass is 32.1. The third kappa shape index (κ3) is 8.73. The van der Waals surface area contributed by atoms with Gasteiger partial charge in [0.05, 0.1) is 12.8 Å². The summed E-state index contributed by atoms with van der Waals surface area (Å²) in [4.78, 5) is 2.52. The first kappa shape index (κ1) is 18.0. The quantitative estimate of drug-likeness (QED) is 0.614. The summed E-state index contributed by atoms with van der Waals surface area (Å²) in [5, 5.41) is 7.11. The highest BCUT2D eigenvalue weighted by Gasteiger charge is 2.04. The molecule has 1 aromatic rings. The van der Waals surface area contributed by atoms with Crippen LogP contribution < -0.4 is 10.6 Å². The molecule has 0 aromatic carbocycles. The van der Waals surface area contributed by atoms with Crippen molar-refractivity contribution in [3.8, 4) is 0 Å². The van der Waals surface area contributed by atoms with Crippen LogP contribution in [0.3, 0.4) is 0 Å². The third-order valence-corrected chi connectivity index (χ3v) is 3.66. The van der Waals surface area contributed by atoms with E-state index in [9.17, 15) is 0 Å². The molecule has 0 radical (unpaired) electrons. The molecule has 0 fully saturated rings. The number of furan rings is 1. The summed E-state index contributed by atoms with van der Waals surface area (Å²) in [6.45, 7) is 9.41. The zero-order valence-electron chi connectivity index (χ0n) is 13.4. The van der Waals surface area contributed by atoms with E-state index in [1.54, 1.807) is 6.26 Å². The van der Waals surface area contributed by atoms with Crippen LogP contribution in [0.1, 0.15) is 45.3 Å². The highest BCUT2D eigenvalue weighted by Crippen LogP contribution is 1.99. The fourth-order valence-electron chi connectivity index (χ4n) is 2.07. The summed E-state index contributed by atoms with van der Waals surface area (Å²) in [6, 6.07) is 3.82. The molecule has 0 bridgehead atoms. The van der Waals surface area contributed by atoms with Crippen molar-refractivity contribution in [3.63, 3.8) is 0 Å². The van der Waals surface area contributed by atoms with E-state index in [1.807, 2.05) is 12.1 Å². The number of nitrogens with one attached hydrogen (secondary N) is 2. The number of hydrogen-bond donors (Lipinski definition) is 2. The van der Waals surface area contributed by atoms with Gasteiger partial charge in [0, 0.05) is 13.1 Å². The molecule has 120 valence electrons. The summed E-state index contributed by atoms with van der Waals surface area (Å²) in [6.07, 6.45) is 6.71. The Morgan fingerprint density at radius 1 is 1.14 bits per heavy atom. The van der Waals surface area contributed by atoms with Gasteiger partial charge in [0.1, 0.15) is 5.76 Å². The monoisotopic (exact) mass is 311 g/mol. The van der Waals surface area contributed by atoms with Gasteiger partial charge in [-0.15, -0.1) is 0 Å². The van der Waals surface area contributed by atoms with Crippen LogP contribution in [0.15, 0.2) is 22.8 Å². The lowest BCUT2D eigenvalue weighted by Gasteiger charge is -2.22. The molecule has 0 aliphatic heterocycles. The molecule has 0 atom stereocenters. The normalized spacial score (nSPS) is 10.8. The highest BCUT2D eigenvalue weighted by molar-refractivity contribution is 7.80. The zero-order chi connectivity index (χ0) is 15.3. The van der Waals surface area contributed by atoms with E-state index in [0.29, 0.717) is 11.7 Å². The van der Waals surface area contributed by atoms with Crippen molar-refractivity contribution in [1.29, 1.82) is 0 Å². The SMILES string of the molecule is CCCCN(CCCC)CCNC(=S)NCc1ccco1. The van der Waals surface area contributed by atoms with Crippen molar-refractivity contribution in [3.05, 3.63) is 24.2 Å². The maximum Gasteiger partial charge on any atom is 0.166 e. The molecule has 1 rings (SSSR count). The van der Waals surface area contributed by atoms with E-state index in [2.05, 4.69) is 29.4 Å². The lowest BCUT2D eigenvalue weighted by Crippen LogP contribution is -2.40. The van der Waals surface area contributed by atoms with Crippen LogP contribution in [-0.2, 0) is 6.54 Å². The number of thiocarbonyl (C=S) groups is 1. The van der Waals surface area contributed by atoms with Gasteiger partial charge in [-0.3, -0.25) is 0 Å². The smallest absolute Gasteiger partial charge is 0.166 e. The molecule has 1 aromatic heterocycles. The standard InChI is InChI=1S/C16H29N3OS/c1-3-5-10-19(11-6-4-2)12-9-17-16(21)18-14-15-8-7-13-20-15/h7-8,13H,3-6,9-12,14H2,1-2H3,(H2,17,18,21). The molecule has 0 unspecified atom stereocenters. The second-order valence-corrected chi connectivity index (χ2v) is 5.65. The predicted molar refractivity (Wildman–Crippen MR) is 92.4 cm³/mol. The van der Waals surface area contributed by atoms with Gasteiger partial charge >= 0.3 is 0 Å². The molecular formula is C16H29N3OS. The Balaban J connectivity index is 2.14. The molecule has 0 amide bonds. The Morgan fingerprint density at radius 3 is 2.43 bits per heavy atom. The van der Waals surface area contributed by atoms with E-state index < -0.39 is 0 Å². The Kier molecular flexibility index (Phi) is 9.91. The molecule has 1 heterocycles. The summed E-state index contributed by atoms with van der Waals surface area (Å²) in [7, 11) is 0. The maximum atomic E-state index is 5.27. The van der Waals surface area contributed by atoms with Gasteiger partial charge in [0.25, 0.3) is 0 Å². The van der Waals surface area contributed by atoms with Crippen molar-refractivity contribution >= 4 is 17.3 Å². The van der Waals surface area contributed by atoms with Gasteiger partial charge in [0.2, 0.25) is 0 Å². The first-order chi connectivity index (χ1) is 10.3. The number of unbranched alkanes of at least 4 members (excludes halogenated alkanes) is 2. The van der Waals surface area contributed by atoms with Crippen molar-refractivity contribution in [2.45, 2.75) is 46.1 Å². The Labute approximate surface area is 134 Å². The molecule has 0 saturated heterocycles. The van der Waals surface area contributed by atoms with E-state index in [-0.39, 0.29) is 0 Å². The first-order valence-electron chi connectivity index (χ1n) is 8.02. The molecule has 0 aliphatic carbocycles. The van der Waals surface area contributed by atoms with Crippen molar-refractivity contribution in [2.24, 2.45) is 0 Å². The average Bonchev–Trinajstić information content (AvgIpc) is 3.00. The van der Waals surface area contributed by atoms with E-state index in [0.717, 1.165) is 18.8 Å². The van der Waals surface area contributed by atoms with Gasteiger partial charge in [0.15, 0.2) is 5.11 Å². The molecular weight excluding hydrogens is 282 g/mol. The Morgan fingerprint density at radius 2 is 1.86 bits per heavy atom. The van der Waals surface area contributed by atoms with Crippen LogP contribution in [0.4, 0.5) is 0 Å². The number of hydrogen-bond acceptors (Lipinski definition) is 3. The van der Waals surface area contributed by atoms with Crippen molar-refractivity contribution in [2.75, 3.05) is 26.2 Å². The molecule has 0 aliphatic rings. The van der Waals surface area contributed by atoms with Gasteiger partial charge in [-0.25, -0.2) is 0 Å². The largest absolute Gasteiger partial charge is 0.467 e. The first-order valence-corrected chi connectivity index (χ1v) is 8.43. The topological polar surface area (TPSA) is 40.4 Å². The average molecular weight is 311 g/mol. The van der Waals surface area contributed by atoms with Crippen LogP contribution in [0.5, 0.6) is 0 Å². The molecule has 5 heteroatoms. The summed E-state index contributed by atoms with van der Waals surface area (Å²) < 4.78 is 5.26. The summed E-state index contributed by atoms with van der Waals surface area (Å²) in [5.74, 6) is 0.895. The van der Waals surface area contributed by atoms with Gasteiger partial charge in [-0.2, -0.15) is 0 Å². The van der Waals surface area contributed by atoms with Gasteiger partial charge < -0.3 is 20.0 Å². The lowest BCUT2D eigenvalue weighted by atomic mass is 10.2. The van der Waals surface area contributed by atoms with Crippen LogP contribution in [0, 0.1) is 0 Å². The van der Waals surface area contributed by atoms with Crippen LogP contribution in [-0.4, -0.2) is 36.2 Å². The van der Waals surface area contributed by atoms with Crippen molar-refractivity contribution < 1.29 is 4.42 Å². The van der Waals surface area contributed by atoms with Gasteiger partial charge in [-0.05, 0) is 50.3 Å². The molecule has 0 saturated carbocycles. The maximum absolute atomic E-state index is 5.27. The van der Waals surface area contributed by atoms with Crippen LogP contribution in [0.25, 0.3) is 0 Å². The molecule has 4 nitrogen and oxygen atoms in total. The van der Waals surface area contributed by atoms with Gasteiger partial charge in [-0.1, -0.05) is 26.7 Å². The number of rotatable bonds is 11. The third-order valence-electron chi connectivity index (χ3n) is 3.37. The van der Waals surface area contributed by atoms with Crippen LogP contribution in [0.2, 0.25) is 0 Å². The molecule has 0 spiro atoms. The second-order valence-electron chi connectivity index (χ2n) is 5.24. The predicted octanol–water partition coefficient (Wildman–Crippen LogP) is 3.15. The minimum absolute atomic E-state index is 0.633. The zero-order valence-corrected chi connectivity index (χ0v) is 14.2. The molecule has 2 N–H and O–H groups in total. The van der Waals surface area contributed by atoms with Crippen molar-refractivity contribution in [1.82, 2.24) is 15.5 Å². The molecule has 21 heavy (non-hydrogen) atoms. The fourth-order valence-corrected chi connectivity index (χ4v) is 2.24. The number of nitrogens with zero attached hydrogens (tertiary/aromatic N) is 1. The lowest BCUT2D eigenvalue weighted by molar-refractivity contribution is 0.269. The summed E-state index contributed by atoms with van der Waals surface area (Å²) >= 11 is 5.27.